The molecule has 0 spiro atoms. The molecule has 3 heteroatoms. The van der Waals surface area contributed by atoms with Crippen molar-refractivity contribution in [2.45, 2.75) is 44.5 Å². The molecule has 0 bridgehead atoms. The minimum atomic E-state index is -0.0973. The number of carbonyl (C=O) groups excluding carboxylic acids is 1. The first kappa shape index (κ1) is 14.2. The summed E-state index contributed by atoms with van der Waals surface area (Å²) in [6.45, 7) is 6.13. The first-order chi connectivity index (χ1) is 8.08. The van der Waals surface area contributed by atoms with Gasteiger partial charge in [-0.1, -0.05) is 54.0 Å². The molecule has 17 heavy (non-hydrogen) atoms. The van der Waals surface area contributed by atoms with E-state index in [1.165, 1.54) is 5.56 Å². The summed E-state index contributed by atoms with van der Waals surface area (Å²) in [6.07, 6.45) is 1.84. The lowest BCUT2D eigenvalue weighted by molar-refractivity contribution is -0.121. The zero-order valence-electron chi connectivity index (χ0n) is 10.7. The number of alkyl halides is 1. The SMILES string of the molecule is CCc1ccc(C(C)NC(=O)C(Br)CC)cc1. The highest BCUT2D eigenvalue weighted by Gasteiger charge is 2.15. The van der Waals surface area contributed by atoms with Gasteiger partial charge in [0, 0.05) is 0 Å². The maximum absolute atomic E-state index is 11.7. The Morgan fingerprint density at radius 1 is 1.29 bits per heavy atom. The Morgan fingerprint density at radius 2 is 1.88 bits per heavy atom. The Hall–Kier alpha value is -0.830. The zero-order chi connectivity index (χ0) is 12.8. The van der Waals surface area contributed by atoms with Crippen molar-refractivity contribution in [3.63, 3.8) is 0 Å². The first-order valence-electron chi connectivity index (χ1n) is 6.11. The van der Waals surface area contributed by atoms with E-state index in [0.29, 0.717) is 0 Å². The van der Waals surface area contributed by atoms with E-state index in [9.17, 15) is 4.79 Å². The number of benzene rings is 1. The van der Waals surface area contributed by atoms with Crippen molar-refractivity contribution < 1.29 is 4.79 Å². The van der Waals surface area contributed by atoms with Gasteiger partial charge in [-0.25, -0.2) is 0 Å². The highest BCUT2D eigenvalue weighted by atomic mass is 79.9. The van der Waals surface area contributed by atoms with Crippen molar-refractivity contribution in [1.29, 1.82) is 0 Å². The predicted octanol–water partition coefficient (Wildman–Crippen LogP) is 3.60. The van der Waals surface area contributed by atoms with Gasteiger partial charge in [-0.05, 0) is 30.9 Å². The number of halogens is 1. The molecule has 94 valence electrons. The van der Waals surface area contributed by atoms with Crippen LogP contribution in [0.1, 0.15) is 44.4 Å². The summed E-state index contributed by atoms with van der Waals surface area (Å²) in [5.41, 5.74) is 2.46. The van der Waals surface area contributed by atoms with Crippen LogP contribution in [0.2, 0.25) is 0 Å². The molecule has 0 aliphatic heterocycles. The number of carbonyl (C=O) groups is 1. The lowest BCUT2D eigenvalue weighted by Gasteiger charge is -2.16. The summed E-state index contributed by atoms with van der Waals surface area (Å²) in [5, 5.41) is 3.00. The monoisotopic (exact) mass is 297 g/mol. The number of hydrogen-bond acceptors (Lipinski definition) is 1. The summed E-state index contributed by atoms with van der Waals surface area (Å²) in [7, 11) is 0. The average Bonchev–Trinajstić information content (AvgIpc) is 2.37. The number of amides is 1. The number of aryl methyl sites for hydroxylation is 1. The van der Waals surface area contributed by atoms with Gasteiger partial charge in [0.25, 0.3) is 0 Å². The van der Waals surface area contributed by atoms with Crippen LogP contribution in [0.15, 0.2) is 24.3 Å². The van der Waals surface area contributed by atoms with Gasteiger partial charge in [0.05, 0.1) is 10.9 Å². The third-order valence-corrected chi connectivity index (χ3v) is 3.95. The molecule has 2 nitrogen and oxygen atoms in total. The lowest BCUT2D eigenvalue weighted by atomic mass is 10.0. The molecule has 1 N–H and O–H groups in total. The molecule has 1 amide bonds. The van der Waals surface area contributed by atoms with E-state index in [0.717, 1.165) is 18.4 Å². The largest absolute Gasteiger partial charge is 0.349 e. The van der Waals surface area contributed by atoms with Crippen LogP contribution in [0.3, 0.4) is 0 Å². The van der Waals surface area contributed by atoms with E-state index in [1.807, 2.05) is 13.8 Å². The topological polar surface area (TPSA) is 29.1 Å². The highest BCUT2D eigenvalue weighted by Crippen LogP contribution is 2.15. The van der Waals surface area contributed by atoms with Gasteiger partial charge >= 0.3 is 0 Å². The Labute approximate surface area is 112 Å². The van der Waals surface area contributed by atoms with Crippen molar-refractivity contribution in [3.05, 3.63) is 35.4 Å². The first-order valence-corrected chi connectivity index (χ1v) is 7.03. The van der Waals surface area contributed by atoms with Crippen molar-refractivity contribution in [2.75, 3.05) is 0 Å². The predicted molar refractivity (Wildman–Crippen MR) is 75.4 cm³/mol. The van der Waals surface area contributed by atoms with Crippen LogP contribution >= 0.6 is 15.9 Å². The molecule has 2 unspecified atom stereocenters. The molecule has 0 radical (unpaired) electrons. The van der Waals surface area contributed by atoms with Gasteiger partial charge in [-0.3, -0.25) is 4.79 Å². The zero-order valence-corrected chi connectivity index (χ0v) is 12.3. The second-order valence-corrected chi connectivity index (χ2v) is 5.31. The smallest absolute Gasteiger partial charge is 0.234 e. The lowest BCUT2D eigenvalue weighted by Crippen LogP contribution is -2.32. The fraction of sp³-hybridized carbons (Fsp3) is 0.500. The molecule has 1 aromatic rings. The molecule has 0 aliphatic carbocycles. The molecular weight excluding hydrogens is 278 g/mol. The quantitative estimate of drug-likeness (QED) is 0.827. The number of rotatable bonds is 5. The van der Waals surface area contributed by atoms with Gasteiger partial charge < -0.3 is 5.32 Å². The summed E-state index contributed by atoms with van der Waals surface area (Å²) in [6, 6.07) is 8.45. The van der Waals surface area contributed by atoms with Gasteiger partial charge in [0.1, 0.15) is 0 Å². The van der Waals surface area contributed by atoms with Crippen molar-refractivity contribution in [3.8, 4) is 0 Å². The number of hydrogen-bond donors (Lipinski definition) is 1. The molecule has 0 aliphatic rings. The highest BCUT2D eigenvalue weighted by molar-refractivity contribution is 9.10. The van der Waals surface area contributed by atoms with Gasteiger partial charge in [0.2, 0.25) is 5.91 Å². The van der Waals surface area contributed by atoms with Crippen LogP contribution < -0.4 is 5.32 Å². The second-order valence-electron chi connectivity index (χ2n) is 4.20. The normalized spacial score (nSPS) is 14.1. The molecule has 2 atom stereocenters. The van der Waals surface area contributed by atoms with Gasteiger partial charge in [0.15, 0.2) is 0 Å². The number of nitrogens with one attached hydrogen (secondary N) is 1. The molecule has 0 heterocycles. The fourth-order valence-corrected chi connectivity index (χ4v) is 1.75. The molecular formula is C14H20BrNO. The minimum absolute atomic E-state index is 0.0552. The Balaban J connectivity index is 2.63. The summed E-state index contributed by atoms with van der Waals surface area (Å²) >= 11 is 3.35. The molecule has 0 fully saturated rings. The maximum atomic E-state index is 11.7. The molecule has 0 saturated carbocycles. The average molecular weight is 298 g/mol. The molecule has 0 saturated heterocycles. The van der Waals surface area contributed by atoms with Crippen molar-refractivity contribution in [2.24, 2.45) is 0 Å². The minimum Gasteiger partial charge on any atom is -0.349 e. The fourth-order valence-electron chi connectivity index (χ4n) is 1.61. The third kappa shape index (κ3) is 4.15. The Bertz CT molecular complexity index is 361. The summed E-state index contributed by atoms with van der Waals surface area (Å²) in [4.78, 5) is 11.6. The summed E-state index contributed by atoms with van der Waals surface area (Å²) < 4.78 is 0. The van der Waals surface area contributed by atoms with Crippen LogP contribution in [-0.2, 0) is 11.2 Å². The third-order valence-electron chi connectivity index (χ3n) is 2.89. The Kier molecular flexibility index (Phi) is 5.69. The van der Waals surface area contributed by atoms with E-state index in [1.54, 1.807) is 0 Å². The Morgan fingerprint density at radius 3 is 2.35 bits per heavy atom. The standard InChI is InChI=1S/C14H20BrNO/c1-4-11-6-8-12(9-7-11)10(3)16-14(17)13(15)5-2/h6-10,13H,4-5H2,1-3H3,(H,16,17). The van der Waals surface area contributed by atoms with E-state index < -0.39 is 0 Å². The van der Waals surface area contributed by atoms with E-state index in [2.05, 4.69) is 52.4 Å². The maximum Gasteiger partial charge on any atom is 0.234 e. The van der Waals surface area contributed by atoms with Crippen LogP contribution in [0.5, 0.6) is 0 Å². The molecule has 1 aromatic carbocycles. The van der Waals surface area contributed by atoms with Crippen LogP contribution in [0.25, 0.3) is 0 Å². The van der Waals surface area contributed by atoms with Crippen molar-refractivity contribution in [1.82, 2.24) is 5.32 Å². The van der Waals surface area contributed by atoms with Crippen LogP contribution in [0, 0.1) is 0 Å². The molecule has 1 rings (SSSR count). The second kappa shape index (κ2) is 6.80. The van der Waals surface area contributed by atoms with Crippen LogP contribution in [-0.4, -0.2) is 10.7 Å². The molecule has 0 aromatic heterocycles. The van der Waals surface area contributed by atoms with E-state index >= 15 is 0 Å². The van der Waals surface area contributed by atoms with E-state index in [-0.39, 0.29) is 16.8 Å². The van der Waals surface area contributed by atoms with Crippen LogP contribution in [0.4, 0.5) is 0 Å². The van der Waals surface area contributed by atoms with Crippen molar-refractivity contribution >= 4 is 21.8 Å². The van der Waals surface area contributed by atoms with E-state index in [4.69, 9.17) is 0 Å². The van der Waals surface area contributed by atoms with Gasteiger partial charge in [-0.15, -0.1) is 0 Å². The summed E-state index contributed by atoms with van der Waals surface area (Å²) in [5.74, 6) is 0.0552. The van der Waals surface area contributed by atoms with Gasteiger partial charge in [-0.2, -0.15) is 0 Å².